The zero-order valence-electron chi connectivity index (χ0n) is 12.6. The fourth-order valence-corrected chi connectivity index (χ4v) is 3.11. The summed E-state index contributed by atoms with van der Waals surface area (Å²) in [6.45, 7) is 0.100. The van der Waals surface area contributed by atoms with E-state index in [9.17, 15) is 9.18 Å². The van der Waals surface area contributed by atoms with E-state index in [2.05, 4.69) is 20.0 Å². The average molecular weight is 404 g/mol. The molecule has 0 saturated heterocycles. The number of aromatic nitrogens is 2. The maximum absolute atomic E-state index is 12.4. The van der Waals surface area contributed by atoms with Crippen LogP contribution in [-0.2, 0) is 0 Å². The number of carbonyl (C=O) groups is 1. The molecule has 0 saturated carbocycles. The Balaban J connectivity index is 0.000000181. The zero-order valence-corrected chi connectivity index (χ0v) is 14.9. The summed E-state index contributed by atoms with van der Waals surface area (Å²) < 4.78 is 18.2. The van der Waals surface area contributed by atoms with Gasteiger partial charge in [0.2, 0.25) is 12.2 Å². The van der Waals surface area contributed by atoms with Crippen LogP contribution in [0.5, 0.6) is 0 Å². The van der Waals surface area contributed by atoms with Crippen LogP contribution in [0.25, 0.3) is 11.4 Å². The standard InChI is InChI=1S/C9H10FNO2.C6H2Cl2N2OS/c10-8-3-1-7(2-4-8)9(13)11-5-6-12;7-4-1-3(5(8)12-4)6-9-2-11-10-6/h1-4,12H,5-6H2,(H,11,13);1-2H. The summed E-state index contributed by atoms with van der Waals surface area (Å²) in [4.78, 5) is 15.0. The van der Waals surface area contributed by atoms with Gasteiger partial charge in [-0.05, 0) is 30.3 Å². The Hall–Kier alpha value is -2.00. The number of hydrogen-bond donors (Lipinski definition) is 2. The van der Waals surface area contributed by atoms with Crippen molar-refractivity contribution in [2.45, 2.75) is 0 Å². The van der Waals surface area contributed by atoms with Crippen LogP contribution in [-0.4, -0.2) is 34.3 Å². The summed E-state index contributed by atoms with van der Waals surface area (Å²) in [5, 5.41) is 14.5. The van der Waals surface area contributed by atoms with E-state index >= 15 is 0 Å². The molecule has 2 heterocycles. The molecule has 1 amide bonds. The highest BCUT2D eigenvalue weighted by Crippen LogP contribution is 2.36. The van der Waals surface area contributed by atoms with E-state index in [0.717, 1.165) is 0 Å². The van der Waals surface area contributed by atoms with Gasteiger partial charge in [-0.25, -0.2) is 4.39 Å². The van der Waals surface area contributed by atoms with Gasteiger partial charge >= 0.3 is 0 Å². The number of amides is 1. The Morgan fingerprint density at radius 3 is 2.56 bits per heavy atom. The van der Waals surface area contributed by atoms with E-state index in [1.165, 1.54) is 42.0 Å². The summed E-state index contributed by atoms with van der Waals surface area (Å²) in [6.07, 6.45) is 1.25. The topological polar surface area (TPSA) is 88.2 Å². The van der Waals surface area contributed by atoms with Crippen molar-refractivity contribution in [3.63, 3.8) is 0 Å². The summed E-state index contributed by atoms with van der Waals surface area (Å²) in [7, 11) is 0. The smallest absolute Gasteiger partial charge is 0.251 e. The van der Waals surface area contributed by atoms with Crippen molar-refractivity contribution < 1.29 is 18.8 Å². The number of rotatable bonds is 4. The van der Waals surface area contributed by atoms with Gasteiger partial charge in [0, 0.05) is 12.1 Å². The summed E-state index contributed by atoms with van der Waals surface area (Å²) in [5.74, 6) is -0.226. The number of nitrogens with zero attached hydrogens (tertiary/aromatic N) is 2. The molecule has 0 atom stereocenters. The molecule has 2 N–H and O–H groups in total. The van der Waals surface area contributed by atoms with Gasteiger partial charge < -0.3 is 14.9 Å². The van der Waals surface area contributed by atoms with E-state index in [0.29, 0.717) is 25.6 Å². The number of carbonyl (C=O) groups excluding carboxylic acids is 1. The third-order valence-electron chi connectivity index (χ3n) is 2.76. The highest BCUT2D eigenvalue weighted by atomic mass is 35.5. The Bertz CT molecular complexity index is 810. The lowest BCUT2D eigenvalue weighted by Crippen LogP contribution is -2.26. The molecule has 10 heteroatoms. The van der Waals surface area contributed by atoms with E-state index in [1.54, 1.807) is 6.07 Å². The van der Waals surface area contributed by atoms with Crippen LogP contribution < -0.4 is 5.32 Å². The first-order valence-electron chi connectivity index (χ1n) is 6.87. The van der Waals surface area contributed by atoms with Gasteiger partial charge in [-0.15, -0.1) is 11.3 Å². The van der Waals surface area contributed by atoms with Gasteiger partial charge in [0.25, 0.3) is 5.91 Å². The van der Waals surface area contributed by atoms with Crippen LogP contribution >= 0.6 is 34.5 Å². The first-order chi connectivity index (χ1) is 12.0. The molecule has 0 aliphatic rings. The fraction of sp³-hybridized carbons (Fsp3) is 0.133. The van der Waals surface area contributed by atoms with Gasteiger partial charge in [-0.2, -0.15) is 4.98 Å². The van der Waals surface area contributed by atoms with Crippen molar-refractivity contribution in [3.05, 3.63) is 56.8 Å². The SMILES string of the molecule is Clc1cc(-c2ncon2)c(Cl)s1.O=C(NCCO)c1ccc(F)cc1. The Kier molecular flexibility index (Phi) is 7.32. The minimum absolute atomic E-state index is 0.104. The number of hydrogen-bond acceptors (Lipinski definition) is 6. The molecule has 0 aliphatic carbocycles. The van der Waals surface area contributed by atoms with Crippen molar-refractivity contribution in [2.24, 2.45) is 0 Å². The molecule has 132 valence electrons. The Morgan fingerprint density at radius 1 is 1.32 bits per heavy atom. The monoisotopic (exact) mass is 403 g/mol. The quantitative estimate of drug-likeness (QED) is 0.693. The first-order valence-corrected chi connectivity index (χ1v) is 8.44. The van der Waals surface area contributed by atoms with Crippen LogP contribution in [0.4, 0.5) is 4.39 Å². The predicted molar refractivity (Wildman–Crippen MR) is 93.5 cm³/mol. The molecule has 0 fully saturated rings. The third kappa shape index (κ3) is 5.79. The van der Waals surface area contributed by atoms with Gasteiger partial charge in [-0.3, -0.25) is 4.79 Å². The van der Waals surface area contributed by atoms with Crippen molar-refractivity contribution in [1.29, 1.82) is 0 Å². The van der Waals surface area contributed by atoms with Crippen molar-refractivity contribution in [3.8, 4) is 11.4 Å². The molecule has 0 aliphatic heterocycles. The molecule has 2 aromatic heterocycles. The summed E-state index contributed by atoms with van der Waals surface area (Å²) >= 11 is 12.9. The van der Waals surface area contributed by atoms with Gasteiger partial charge in [-0.1, -0.05) is 28.4 Å². The Labute approximate surface area is 156 Å². The number of thiophene rings is 1. The van der Waals surface area contributed by atoms with Gasteiger partial charge in [0.15, 0.2) is 0 Å². The molecular weight excluding hydrogens is 392 g/mol. The minimum Gasteiger partial charge on any atom is -0.395 e. The fourth-order valence-electron chi connectivity index (χ4n) is 1.65. The molecular formula is C15H12Cl2FN3O3S. The normalized spacial score (nSPS) is 10.1. The largest absolute Gasteiger partial charge is 0.395 e. The number of halogens is 3. The lowest BCUT2D eigenvalue weighted by Gasteiger charge is -2.01. The van der Waals surface area contributed by atoms with Crippen LogP contribution in [0.1, 0.15) is 10.4 Å². The second kappa shape index (κ2) is 9.47. The maximum Gasteiger partial charge on any atom is 0.251 e. The van der Waals surface area contributed by atoms with Crippen LogP contribution in [0.2, 0.25) is 8.67 Å². The van der Waals surface area contributed by atoms with E-state index in [-0.39, 0.29) is 24.9 Å². The molecule has 25 heavy (non-hydrogen) atoms. The number of nitrogens with one attached hydrogen (secondary N) is 1. The molecule has 0 spiro atoms. The number of benzene rings is 1. The van der Waals surface area contributed by atoms with Gasteiger partial charge in [0.1, 0.15) is 10.2 Å². The molecule has 6 nitrogen and oxygen atoms in total. The van der Waals surface area contributed by atoms with Crippen LogP contribution in [0.15, 0.2) is 41.2 Å². The van der Waals surface area contributed by atoms with Crippen molar-refractivity contribution >= 4 is 40.4 Å². The summed E-state index contributed by atoms with van der Waals surface area (Å²) in [5.41, 5.74) is 1.09. The van der Waals surface area contributed by atoms with Crippen LogP contribution in [0.3, 0.4) is 0 Å². The highest BCUT2D eigenvalue weighted by Gasteiger charge is 2.11. The number of aliphatic hydroxyl groups excluding tert-OH is 1. The molecule has 3 aromatic rings. The van der Waals surface area contributed by atoms with Crippen molar-refractivity contribution in [2.75, 3.05) is 13.2 Å². The van der Waals surface area contributed by atoms with Crippen LogP contribution in [0, 0.1) is 5.82 Å². The maximum atomic E-state index is 12.4. The van der Waals surface area contributed by atoms with E-state index in [4.69, 9.17) is 28.3 Å². The molecule has 0 unspecified atom stereocenters. The lowest BCUT2D eigenvalue weighted by atomic mass is 10.2. The Morgan fingerprint density at radius 2 is 2.04 bits per heavy atom. The highest BCUT2D eigenvalue weighted by molar-refractivity contribution is 7.20. The molecule has 1 aromatic carbocycles. The zero-order chi connectivity index (χ0) is 18.2. The third-order valence-corrected chi connectivity index (χ3v) is 4.25. The predicted octanol–water partition coefficient (Wildman–Crippen LogP) is 3.65. The second-order valence-corrected chi connectivity index (χ2v) is 6.76. The minimum atomic E-state index is -0.376. The molecule has 0 bridgehead atoms. The summed E-state index contributed by atoms with van der Waals surface area (Å²) in [6, 6.07) is 6.92. The molecule has 3 rings (SSSR count). The van der Waals surface area contributed by atoms with E-state index < -0.39 is 0 Å². The van der Waals surface area contributed by atoms with Gasteiger partial charge in [0.05, 0.1) is 16.5 Å². The first kappa shape index (κ1) is 19.3. The average Bonchev–Trinajstić information content (AvgIpc) is 3.23. The second-order valence-electron chi connectivity index (χ2n) is 4.48. The lowest BCUT2D eigenvalue weighted by molar-refractivity contribution is 0.0944. The number of aliphatic hydroxyl groups is 1. The van der Waals surface area contributed by atoms with E-state index in [1.807, 2.05) is 0 Å². The molecule has 0 radical (unpaired) electrons. The van der Waals surface area contributed by atoms with Crippen molar-refractivity contribution in [1.82, 2.24) is 15.5 Å².